The van der Waals surface area contributed by atoms with Crippen LogP contribution in [0.4, 0.5) is 0 Å². The molecule has 2 heteroatoms. The molecular formula is C24H27OS+. The molecule has 0 heterocycles. The standard InChI is InChI=1S/C24H27OS/c1-18-16-20(25-24(3,4)5)17-19(2)23(18)26(21-12-8-6-9-13-21)22-14-10-7-11-15-22/h6-17H,1-5H3/q+1. The molecule has 0 saturated heterocycles. The van der Waals surface area contributed by atoms with Gasteiger partial charge in [0.05, 0.1) is 10.9 Å². The third-order valence-corrected chi connectivity index (χ3v) is 6.56. The van der Waals surface area contributed by atoms with Crippen molar-refractivity contribution in [1.29, 1.82) is 0 Å². The van der Waals surface area contributed by atoms with Gasteiger partial charge in [0.2, 0.25) is 0 Å². The zero-order valence-electron chi connectivity index (χ0n) is 16.2. The van der Waals surface area contributed by atoms with Crippen molar-refractivity contribution < 1.29 is 4.74 Å². The summed E-state index contributed by atoms with van der Waals surface area (Å²) >= 11 is 0. The summed E-state index contributed by atoms with van der Waals surface area (Å²) in [6.45, 7) is 10.7. The fraction of sp³-hybridized carbons (Fsp3) is 0.250. The number of aryl methyl sites for hydroxylation is 2. The van der Waals surface area contributed by atoms with E-state index in [1.165, 1.54) is 25.8 Å². The van der Waals surface area contributed by atoms with Crippen LogP contribution in [0.3, 0.4) is 0 Å². The molecule has 0 fully saturated rings. The number of hydrogen-bond donors (Lipinski definition) is 0. The topological polar surface area (TPSA) is 9.23 Å². The highest BCUT2D eigenvalue weighted by atomic mass is 32.2. The van der Waals surface area contributed by atoms with Crippen molar-refractivity contribution in [2.45, 2.75) is 54.9 Å². The Balaban J connectivity index is 2.13. The Kier molecular flexibility index (Phi) is 5.43. The van der Waals surface area contributed by atoms with E-state index in [2.05, 4.69) is 107 Å². The lowest BCUT2D eigenvalue weighted by atomic mass is 10.1. The Morgan fingerprint density at radius 2 is 1.12 bits per heavy atom. The molecule has 3 rings (SSSR count). The highest BCUT2D eigenvalue weighted by molar-refractivity contribution is 7.97. The Morgan fingerprint density at radius 3 is 1.50 bits per heavy atom. The lowest BCUT2D eigenvalue weighted by Gasteiger charge is -2.22. The summed E-state index contributed by atoms with van der Waals surface area (Å²) in [5.41, 5.74) is 2.36. The number of hydrogen-bond acceptors (Lipinski definition) is 1. The number of rotatable bonds is 4. The minimum Gasteiger partial charge on any atom is -0.488 e. The van der Waals surface area contributed by atoms with Crippen LogP contribution in [0.1, 0.15) is 31.9 Å². The van der Waals surface area contributed by atoms with E-state index in [0.717, 1.165) is 5.75 Å². The molecule has 0 aliphatic rings. The molecule has 3 aromatic carbocycles. The van der Waals surface area contributed by atoms with Gasteiger partial charge in [-0.25, -0.2) is 0 Å². The molecule has 3 aromatic rings. The molecule has 0 aliphatic heterocycles. The lowest BCUT2D eigenvalue weighted by molar-refractivity contribution is 0.130. The summed E-state index contributed by atoms with van der Waals surface area (Å²) in [6.07, 6.45) is 0. The first-order valence-electron chi connectivity index (χ1n) is 9.00. The van der Waals surface area contributed by atoms with Crippen molar-refractivity contribution in [3.05, 3.63) is 83.9 Å². The van der Waals surface area contributed by atoms with Crippen LogP contribution in [-0.2, 0) is 10.9 Å². The zero-order valence-corrected chi connectivity index (χ0v) is 17.1. The lowest BCUT2D eigenvalue weighted by Crippen LogP contribution is -2.23. The van der Waals surface area contributed by atoms with Crippen LogP contribution in [-0.4, -0.2) is 5.60 Å². The largest absolute Gasteiger partial charge is 0.488 e. The van der Waals surface area contributed by atoms with Gasteiger partial charge in [0.15, 0.2) is 14.7 Å². The van der Waals surface area contributed by atoms with Crippen LogP contribution in [0.5, 0.6) is 5.75 Å². The highest BCUT2D eigenvalue weighted by Gasteiger charge is 2.32. The first-order valence-corrected chi connectivity index (χ1v) is 10.2. The molecule has 0 saturated carbocycles. The molecule has 0 spiro atoms. The van der Waals surface area contributed by atoms with Crippen molar-refractivity contribution in [3.63, 3.8) is 0 Å². The molecule has 0 aromatic heterocycles. The van der Waals surface area contributed by atoms with Crippen LogP contribution < -0.4 is 4.74 Å². The molecule has 134 valence electrons. The first kappa shape index (κ1) is 18.6. The van der Waals surface area contributed by atoms with Gasteiger partial charge in [0.1, 0.15) is 11.4 Å². The average molecular weight is 364 g/mol. The predicted octanol–water partition coefficient (Wildman–Crippen LogP) is 6.58. The number of ether oxygens (including phenoxy) is 1. The summed E-state index contributed by atoms with van der Waals surface area (Å²) in [6, 6.07) is 25.9. The Labute approximate surface area is 160 Å². The van der Waals surface area contributed by atoms with Gasteiger partial charge in [0, 0.05) is 11.1 Å². The van der Waals surface area contributed by atoms with Crippen molar-refractivity contribution in [3.8, 4) is 5.75 Å². The third kappa shape index (κ3) is 4.31. The maximum absolute atomic E-state index is 6.11. The Morgan fingerprint density at radius 1 is 0.692 bits per heavy atom. The van der Waals surface area contributed by atoms with Gasteiger partial charge < -0.3 is 4.74 Å². The molecule has 0 radical (unpaired) electrons. The fourth-order valence-corrected chi connectivity index (χ4v) is 5.49. The second kappa shape index (κ2) is 7.59. The van der Waals surface area contributed by atoms with Gasteiger partial charge in [-0.3, -0.25) is 0 Å². The van der Waals surface area contributed by atoms with Gasteiger partial charge in [-0.15, -0.1) is 0 Å². The SMILES string of the molecule is Cc1cc(OC(C)(C)C)cc(C)c1[S+](c1ccccc1)c1ccccc1. The summed E-state index contributed by atoms with van der Waals surface area (Å²) in [7, 11) is -0.125. The molecule has 0 N–H and O–H groups in total. The van der Waals surface area contributed by atoms with E-state index in [1.54, 1.807) is 0 Å². The highest BCUT2D eigenvalue weighted by Crippen LogP contribution is 2.37. The zero-order chi connectivity index (χ0) is 18.7. The molecule has 0 bridgehead atoms. The van der Waals surface area contributed by atoms with Crippen LogP contribution in [0.25, 0.3) is 0 Å². The van der Waals surface area contributed by atoms with Crippen LogP contribution in [0.15, 0.2) is 87.5 Å². The van der Waals surface area contributed by atoms with E-state index in [4.69, 9.17) is 4.74 Å². The maximum Gasteiger partial charge on any atom is 0.172 e. The monoisotopic (exact) mass is 363 g/mol. The second-order valence-electron chi connectivity index (χ2n) is 7.53. The summed E-state index contributed by atoms with van der Waals surface area (Å²) in [5, 5.41) is 0. The van der Waals surface area contributed by atoms with E-state index in [9.17, 15) is 0 Å². The first-order chi connectivity index (χ1) is 12.3. The molecule has 1 nitrogen and oxygen atoms in total. The molecule has 0 aliphatic carbocycles. The smallest absolute Gasteiger partial charge is 0.172 e. The molecule has 0 unspecified atom stereocenters. The van der Waals surface area contributed by atoms with Gasteiger partial charge in [-0.1, -0.05) is 36.4 Å². The minimum atomic E-state index is -0.194. The van der Waals surface area contributed by atoms with Crippen LogP contribution in [0, 0.1) is 13.8 Å². The average Bonchev–Trinajstić information content (AvgIpc) is 2.58. The van der Waals surface area contributed by atoms with Crippen molar-refractivity contribution in [2.24, 2.45) is 0 Å². The van der Waals surface area contributed by atoms with E-state index in [-0.39, 0.29) is 16.5 Å². The quantitative estimate of drug-likeness (QED) is 0.476. The van der Waals surface area contributed by atoms with E-state index >= 15 is 0 Å². The van der Waals surface area contributed by atoms with Crippen molar-refractivity contribution in [1.82, 2.24) is 0 Å². The van der Waals surface area contributed by atoms with E-state index < -0.39 is 0 Å². The molecular weight excluding hydrogens is 336 g/mol. The minimum absolute atomic E-state index is 0.125. The van der Waals surface area contributed by atoms with E-state index in [1.807, 2.05) is 0 Å². The summed E-state index contributed by atoms with van der Waals surface area (Å²) in [4.78, 5) is 4.08. The van der Waals surface area contributed by atoms with Gasteiger partial charge in [-0.05, 0) is 71.0 Å². The molecule has 0 atom stereocenters. The Hall–Kier alpha value is -2.19. The summed E-state index contributed by atoms with van der Waals surface area (Å²) < 4.78 is 6.11. The molecule has 0 amide bonds. The number of benzene rings is 3. The second-order valence-corrected chi connectivity index (χ2v) is 9.50. The van der Waals surface area contributed by atoms with Gasteiger partial charge in [0.25, 0.3) is 0 Å². The molecule has 26 heavy (non-hydrogen) atoms. The predicted molar refractivity (Wildman–Crippen MR) is 111 cm³/mol. The van der Waals surface area contributed by atoms with E-state index in [0.29, 0.717) is 0 Å². The van der Waals surface area contributed by atoms with Gasteiger partial charge in [-0.2, -0.15) is 0 Å². The van der Waals surface area contributed by atoms with Crippen molar-refractivity contribution in [2.75, 3.05) is 0 Å². The Bertz CT molecular complexity index is 801. The summed E-state index contributed by atoms with van der Waals surface area (Å²) in [5.74, 6) is 0.945. The van der Waals surface area contributed by atoms with Gasteiger partial charge >= 0.3 is 0 Å². The maximum atomic E-state index is 6.11. The van der Waals surface area contributed by atoms with Crippen LogP contribution >= 0.6 is 0 Å². The fourth-order valence-electron chi connectivity index (χ4n) is 3.13. The third-order valence-electron chi connectivity index (χ3n) is 4.02. The van der Waals surface area contributed by atoms with Crippen LogP contribution in [0.2, 0.25) is 0 Å². The normalized spacial score (nSPS) is 11.6. The van der Waals surface area contributed by atoms with Crippen molar-refractivity contribution >= 4 is 10.9 Å².